The quantitative estimate of drug-likeness (QED) is 0.644. The third kappa shape index (κ3) is 1.89. The largest absolute Gasteiger partial charge is 0.457 e. The van der Waals surface area contributed by atoms with E-state index in [1.807, 2.05) is 35.9 Å². The van der Waals surface area contributed by atoms with Gasteiger partial charge >= 0.3 is 0 Å². The van der Waals surface area contributed by atoms with Crippen LogP contribution in [-0.4, -0.2) is 4.57 Å². The number of aryl methyl sites for hydroxylation is 1. The first-order chi connectivity index (χ1) is 5.79. The van der Waals surface area contributed by atoms with Gasteiger partial charge in [0.1, 0.15) is 0 Å². The summed E-state index contributed by atoms with van der Waals surface area (Å²) >= 11 is 0. The van der Waals surface area contributed by atoms with Gasteiger partial charge in [-0.1, -0.05) is 41.4 Å². The molecule has 13 heavy (non-hydrogen) atoms. The van der Waals surface area contributed by atoms with Crippen molar-refractivity contribution < 1.29 is 32.7 Å². The smallest absolute Gasteiger partial charge is 0.0747 e. The maximum absolute atomic E-state index is 11.3. The van der Waals surface area contributed by atoms with Crippen LogP contribution in [0.2, 0.25) is 0 Å². The van der Waals surface area contributed by atoms with Gasteiger partial charge in [0.2, 0.25) is 0 Å². The number of hydrogen-bond acceptors (Lipinski definition) is 1. The van der Waals surface area contributed by atoms with Crippen LogP contribution in [0.4, 0.5) is 0 Å². The molecule has 63 valence electrons. The van der Waals surface area contributed by atoms with Gasteiger partial charge in [-0.15, -0.1) is 6.07 Å². The van der Waals surface area contributed by atoms with Gasteiger partial charge in [-0.3, -0.25) is 0 Å². The molecule has 0 amide bonds. The van der Waals surface area contributed by atoms with Crippen molar-refractivity contribution in [3.63, 3.8) is 0 Å². The van der Waals surface area contributed by atoms with Crippen LogP contribution in [-0.2, 0) is 39.8 Å². The molecular weight excluding hydrogens is 239 g/mol. The monoisotopic (exact) mass is 247 g/mol. The second kappa shape index (κ2) is 4.16. The standard InChI is InChI=1S/C10H8NO.Y/c1-11-7-6-10(12)8-4-2-3-5-9(8)11;/h2-6H,1H3;/q-1;. The summed E-state index contributed by atoms with van der Waals surface area (Å²) in [5.74, 6) is 0. The van der Waals surface area contributed by atoms with Crippen LogP contribution in [0, 0.1) is 6.20 Å². The van der Waals surface area contributed by atoms with E-state index in [-0.39, 0.29) is 38.1 Å². The van der Waals surface area contributed by atoms with Crippen molar-refractivity contribution in [3.8, 4) is 0 Å². The molecule has 0 saturated heterocycles. The van der Waals surface area contributed by atoms with Crippen molar-refractivity contribution in [2.24, 2.45) is 7.05 Å². The summed E-state index contributed by atoms with van der Waals surface area (Å²) in [7, 11) is 1.88. The van der Waals surface area contributed by atoms with E-state index < -0.39 is 0 Å². The van der Waals surface area contributed by atoms with Gasteiger partial charge in [-0.25, -0.2) is 0 Å². The predicted octanol–water partition coefficient (Wildman–Crippen LogP) is 1.34. The van der Waals surface area contributed by atoms with E-state index in [2.05, 4.69) is 6.20 Å². The summed E-state index contributed by atoms with van der Waals surface area (Å²) in [6, 6.07) is 8.97. The van der Waals surface area contributed by atoms with Crippen LogP contribution in [0.25, 0.3) is 10.9 Å². The number of pyridine rings is 1. The van der Waals surface area contributed by atoms with E-state index in [1.165, 1.54) is 6.07 Å². The normalized spacial score (nSPS) is 9.62. The topological polar surface area (TPSA) is 22.0 Å². The second-order valence-electron chi connectivity index (χ2n) is 2.71. The Bertz CT molecular complexity index is 476. The first kappa shape index (κ1) is 10.6. The molecule has 0 unspecified atom stereocenters. The fourth-order valence-electron chi connectivity index (χ4n) is 1.28. The maximum atomic E-state index is 11.3. The minimum absolute atomic E-state index is 0. The van der Waals surface area contributed by atoms with Crippen LogP contribution >= 0.6 is 0 Å². The molecule has 0 aliphatic carbocycles. The van der Waals surface area contributed by atoms with Gasteiger partial charge in [0, 0.05) is 32.7 Å². The molecule has 2 nitrogen and oxygen atoms in total. The molecule has 0 atom stereocenters. The van der Waals surface area contributed by atoms with Crippen LogP contribution in [0.5, 0.6) is 0 Å². The molecule has 0 spiro atoms. The van der Waals surface area contributed by atoms with Crippen LogP contribution in [0.15, 0.2) is 35.1 Å². The molecular formula is C10H8NOY-. The molecule has 0 N–H and O–H groups in total. The molecule has 0 aliphatic rings. The summed E-state index contributed by atoms with van der Waals surface area (Å²) in [4.78, 5) is 11.3. The van der Waals surface area contributed by atoms with E-state index in [4.69, 9.17) is 0 Å². The molecule has 1 radical (unpaired) electrons. The zero-order valence-electron chi connectivity index (χ0n) is 7.32. The molecule has 3 heteroatoms. The second-order valence-corrected chi connectivity index (χ2v) is 2.71. The van der Waals surface area contributed by atoms with Crippen LogP contribution in [0.3, 0.4) is 0 Å². The van der Waals surface area contributed by atoms with Crippen molar-refractivity contribution in [1.29, 1.82) is 0 Å². The molecule has 0 bridgehead atoms. The van der Waals surface area contributed by atoms with Crippen LogP contribution in [0.1, 0.15) is 0 Å². The minimum atomic E-state index is 0. The average molecular weight is 247 g/mol. The van der Waals surface area contributed by atoms with Gasteiger partial charge in [0.05, 0.1) is 5.43 Å². The summed E-state index contributed by atoms with van der Waals surface area (Å²) in [6.45, 7) is 0. The Kier molecular flexibility index (Phi) is 3.40. The first-order valence-corrected chi connectivity index (χ1v) is 3.75. The third-order valence-electron chi connectivity index (χ3n) is 1.92. The zero-order valence-corrected chi connectivity index (χ0v) is 10.2. The Balaban J connectivity index is 0.000000845. The fraction of sp³-hybridized carbons (Fsp3) is 0.100. The SMILES string of the molecule is Cn1[c-]cc(=O)c2ccccc21.[Y]. The summed E-state index contributed by atoms with van der Waals surface area (Å²) in [5, 5.41) is 0.749. The number of benzene rings is 1. The van der Waals surface area contributed by atoms with E-state index in [1.54, 1.807) is 0 Å². The summed E-state index contributed by atoms with van der Waals surface area (Å²) < 4.78 is 1.82. The Labute approximate surface area is 101 Å². The number of para-hydroxylation sites is 1. The minimum Gasteiger partial charge on any atom is -0.457 e. The third-order valence-corrected chi connectivity index (χ3v) is 1.92. The maximum Gasteiger partial charge on any atom is 0.0747 e. The van der Waals surface area contributed by atoms with Gasteiger partial charge in [-0.05, 0) is 7.05 Å². The Morgan fingerprint density at radius 2 is 2.00 bits per heavy atom. The summed E-state index contributed by atoms with van der Waals surface area (Å²) in [5.41, 5.74) is 0.953. The van der Waals surface area contributed by atoms with E-state index in [0.29, 0.717) is 0 Å². The Morgan fingerprint density at radius 3 is 2.69 bits per heavy atom. The first-order valence-electron chi connectivity index (χ1n) is 3.75. The summed E-state index contributed by atoms with van der Waals surface area (Å²) in [6.07, 6.45) is 2.85. The van der Waals surface area contributed by atoms with Crippen molar-refractivity contribution >= 4 is 10.9 Å². The van der Waals surface area contributed by atoms with Gasteiger partial charge < -0.3 is 9.36 Å². The van der Waals surface area contributed by atoms with E-state index in [9.17, 15) is 4.79 Å². The zero-order chi connectivity index (χ0) is 8.55. The van der Waals surface area contributed by atoms with Crippen molar-refractivity contribution in [1.82, 2.24) is 4.57 Å². The Hall–Kier alpha value is -0.466. The molecule has 2 aromatic rings. The number of aromatic nitrogens is 1. The average Bonchev–Trinajstić information content (AvgIpc) is 2.12. The number of rotatable bonds is 0. The molecule has 0 fully saturated rings. The fourth-order valence-corrected chi connectivity index (χ4v) is 1.28. The van der Waals surface area contributed by atoms with E-state index in [0.717, 1.165) is 10.9 Å². The van der Waals surface area contributed by atoms with Gasteiger partial charge in [0.15, 0.2) is 0 Å². The Morgan fingerprint density at radius 1 is 1.31 bits per heavy atom. The number of fused-ring (bicyclic) bond motifs is 1. The van der Waals surface area contributed by atoms with Gasteiger partial charge in [0.25, 0.3) is 0 Å². The van der Waals surface area contributed by atoms with Gasteiger partial charge in [-0.2, -0.15) is 0 Å². The molecule has 1 aromatic heterocycles. The molecule has 0 aliphatic heterocycles. The molecule has 1 heterocycles. The number of nitrogens with zero attached hydrogens (tertiary/aromatic N) is 1. The predicted molar refractivity (Wildman–Crippen MR) is 48.0 cm³/mol. The van der Waals surface area contributed by atoms with Crippen molar-refractivity contribution in [2.75, 3.05) is 0 Å². The molecule has 0 saturated carbocycles. The molecule has 1 aromatic carbocycles. The molecule has 2 rings (SSSR count). The van der Waals surface area contributed by atoms with Crippen LogP contribution < -0.4 is 5.43 Å². The number of hydrogen-bond donors (Lipinski definition) is 0. The van der Waals surface area contributed by atoms with Crippen molar-refractivity contribution in [2.45, 2.75) is 0 Å². The van der Waals surface area contributed by atoms with Crippen molar-refractivity contribution in [3.05, 3.63) is 46.8 Å². The van der Waals surface area contributed by atoms with E-state index >= 15 is 0 Å².